The number of thioether (sulfide) groups is 1. The van der Waals surface area contributed by atoms with Crippen molar-refractivity contribution >= 4 is 56.7 Å². The Hall–Kier alpha value is -1.31. The molecule has 0 radical (unpaired) electrons. The predicted molar refractivity (Wildman–Crippen MR) is 113 cm³/mol. The number of carbonyl (C=O) groups excluding carboxylic acids is 2. The van der Waals surface area contributed by atoms with Crippen LogP contribution in [0.3, 0.4) is 0 Å². The predicted octanol–water partition coefficient (Wildman–Crippen LogP) is 3.84. The molecule has 3 rings (SSSR count). The Bertz CT molecular complexity index is 906. The quantitative estimate of drug-likeness (QED) is 0.731. The molecular weight excluding hydrogens is 402 g/mol. The van der Waals surface area contributed by atoms with E-state index in [-0.39, 0.29) is 17.6 Å². The van der Waals surface area contributed by atoms with Gasteiger partial charge < -0.3 is 9.47 Å². The van der Waals surface area contributed by atoms with Gasteiger partial charge in [0, 0.05) is 24.7 Å². The van der Waals surface area contributed by atoms with Crippen molar-refractivity contribution < 1.29 is 9.59 Å². The van der Waals surface area contributed by atoms with Crippen molar-refractivity contribution in [3.63, 3.8) is 0 Å². The molecule has 2 amide bonds. The molecule has 1 saturated heterocycles. The van der Waals surface area contributed by atoms with Crippen LogP contribution < -0.4 is 4.80 Å². The van der Waals surface area contributed by atoms with Crippen molar-refractivity contribution in [2.75, 3.05) is 18.1 Å². The molecule has 8 heteroatoms. The number of hydrogen-bond donors (Lipinski definition) is 0. The first-order valence-electron chi connectivity index (χ1n) is 9.19. The molecule has 1 fully saturated rings. The van der Waals surface area contributed by atoms with E-state index in [1.165, 1.54) is 29.5 Å². The zero-order chi connectivity index (χ0) is 19.4. The molecule has 1 atom stereocenters. The number of rotatable bonds is 5. The van der Waals surface area contributed by atoms with Crippen LogP contribution in [0.25, 0.3) is 10.2 Å². The molecule has 2 heterocycles. The Kier molecular flexibility index (Phi) is 7.00. The number of aryl methyl sites for hydroxylation is 1. The highest BCUT2D eigenvalue weighted by molar-refractivity contribution is 8.00. The SMILES string of the molecule is CCC1CCCCN1C(=O)CSCC(=O)N=c1sc2cc(Cl)ccc2n1C. The number of halogens is 1. The second kappa shape index (κ2) is 9.26. The van der Waals surface area contributed by atoms with Gasteiger partial charge >= 0.3 is 0 Å². The van der Waals surface area contributed by atoms with Crippen molar-refractivity contribution in [1.29, 1.82) is 0 Å². The fraction of sp³-hybridized carbons (Fsp3) is 0.526. The lowest BCUT2D eigenvalue weighted by Gasteiger charge is -2.35. The van der Waals surface area contributed by atoms with E-state index in [2.05, 4.69) is 11.9 Å². The maximum atomic E-state index is 12.5. The molecule has 1 aromatic heterocycles. The number of benzene rings is 1. The number of thiazole rings is 1. The van der Waals surface area contributed by atoms with Gasteiger partial charge in [-0.15, -0.1) is 11.8 Å². The van der Waals surface area contributed by atoms with Gasteiger partial charge in [-0.1, -0.05) is 29.9 Å². The van der Waals surface area contributed by atoms with Crippen LogP contribution in [0.5, 0.6) is 0 Å². The summed E-state index contributed by atoms with van der Waals surface area (Å²) in [5, 5.41) is 0.666. The highest BCUT2D eigenvalue weighted by Gasteiger charge is 2.25. The Morgan fingerprint density at radius 1 is 1.33 bits per heavy atom. The summed E-state index contributed by atoms with van der Waals surface area (Å²) in [7, 11) is 1.89. The number of amides is 2. The minimum Gasteiger partial charge on any atom is -0.339 e. The summed E-state index contributed by atoms with van der Waals surface area (Å²) in [6.07, 6.45) is 4.36. The lowest BCUT2D eigenvalue weighted by atomic mass is 10.0. The van der Waals surface area contributed by atoms with Crippen molar-refractivity contribution in [3.05, 3.63) is 28.0 Å². The third-order valence-corrected chi connectivity index (χ3v) is 7.09. The van der Waals surface area contributed by atoms with Gasteiger partial charge in [-0.05, 0) is 43.9 Å². The average molecular weight is 426 g/mol. The summed E-state index contributed by atoms with van der Waals surface area (Å²) in [4.78, 5) is 31.6. The maximum Gasteiger partial charge on any atom is 0.258 e. The summed E-state index contributed by atoms with van der Waals surface area (Å²) < 4.78 is 2.89. The number of fused-ring (bicyclic) bond motifs is 1. The second-order valence-corrected chi connectivity index (χ2v) is 9.13. The molecule has 5 nitrogen and oxygen atoms in total. The van der Waals surface area contributed by atoms with Crippen molar-refractivity contribution in [3.8, 4) is 0 Å². The summed E-state index contributed by atoms with van der Waals surface area (Å²) in [6, 6.07) is 5.99. The molecule has 27 heavy (non-hydrogen) atoms. The number of aromatic nitrogens is 1. The monoisotopic (exact) mass is 425 g/mol. The highest BCUT2D eigenvalue weighted by atomic mass is 35.5. The van der Waals surface area contributed by atoms with Gasteiger partial charge in [-0.2, -0.15) is 4.99 Å². The van der Waals surface area contributed by atoms with Crippen molar-refractivity contribution in [2.45, 2.75) is 38.6 Å². The van der Waals surface area contributed by atoms with Gasteiger partial charge in [-0.25, -0.2) is 0 Å². The number of nitrogens with zero attached hydrogens (tertiary/aromatic N) is 3. The van der Waals surface area contributed by atoms with Crippen LogP contribution in [-0.4, -0.2) is 45.4 Å². The smallest absolute Gasteiger partial charge is 0.258 e. The third-order valence-electron chi connectivity index (χ3n) is 4.86. The molecule has 146 valence electrons. The first-order chi connectivity index (χ1) is 13.0. The van der Waals surface area contributed by atoms with Crippen molar-refractivity contribution in [1.82, 2.24) is 9.47 Å². The molecule has 1 aromatic carbocycles. The first kappa shape index (κ1) is 20.4. The first-order valence-corrected chi connectivity index (χ1v) is 11.5. The summed E-state index contributed by atoms with van der Waals surface area (Å²) >= 11 is 8.82. The largest absolute Gasteiger partial charge is 0.339 e. The fourth-order valence-corrected chi connectivity index (χ4v) is 5.41. The summed E-state index contributed by atoms with van der Waals surface area (Å²) in [5.74, 6) is 0.477. The summed E-state index contributed by atoms with van der Waals surface area (Å²) in [6.45, 7) is 2.97. The van der Waals surface area contributed by atoms with Crippen LogP contribution in [0.4, 0.5) is 0 Å². The van der Waals surface area contributed by atoms with E-state index >= 15 is 0 Å². The van der Waals surface area contributed by atoms with Gasteiger partial charge in [-0.3, -0.25) is 9.59 Å². The van der Waals surface area contributed by atoms with Crippen LogP contribution in [0, 0.1) is 0 Å². The average Bonchev–Trinajstić information content (AvgIpc) is 2.96. The lowest BCUT2D eigenvalue weighted by Crippen LogP contribution is -2.44. The number of piperidine rings is 1. The maximum absolute atomic E-state index is 12.5. The lowest BCUT2D eigenvalue weighted by molar-refractivity contribution is -0.132. The second-order valence-electron chi connectivity index (χ2n) is 6.70. The summed E-state index contributed by atoms with van der Waals surface area (Å²) in [5.41, 5.74) is 0.995. The van der Waals surface area contributed by atoms with Crippen LogP contribution in [-0.2, 0) is 16.6 Å². The standard InChI is InChI=1S/C19H24ClN3O2S2/c1-3-14-6-4-5-9-23(14)18(25)12-26-11-17(24)21-19-22(2)15-8-7-13(20)10-16(15)27-19/h7-8,10,14H,3-6,9,11-12H2,1-2H3. The van der Waals surface area contributed by atoms with E-state index in [4.69, 9.17) is 11.6 Å². The zero-order valence-corrected chi connectivity index (χ0v) is 18.0. The Morgan fingerprint density at radius 3 is 2.93 bits per heavy atom. The molecule has 1 aliphatic rings. The molecule has 0 saturated carbocycles. The van der Waals surface area contributed by atoms with E-state index < -0.39 is 0 Å². The van der Waals surface area contributed by atoms with E-state index in [1.807, 2.05) is 34.7 Å². The van der Waals surface area contributed by atoms with Crippen LogP contribution in [0.15, 0.2) is 23.2 Å². The van der Waals surface area contributed by atoms with Gasteiger partial charge in [0.25, 0.3) is 5.91 Å². The van der Waals surface area contributed by atoms with Gasteiger partial charge in [0.1, 0.15) is 0 Å². The van der Waals surface area contributed by atoms with E-state index in [9.17, 15) is 9.59 Å². The molecule has 1 aliphatic heterocycles. The number of likely N-dealkylation sites (tertiary alicyclic amines) is 1. The zero-order valence-electron chi connectivity index (χ0n) is 15.6. The highest BCUT2D eigenvalue weighted by Crippen LogP contribution is 2.22. The van der Waals surface area contributed by atoms with Crippen LogP contribution >= 0.6 is 34.7 Å². The van der Waals surface area contributed by atoms with E-state index in [0.29, 0.717) is 21.6 Å². The molecule has 0 aliphatic carbocycles. The molecule has 2 aromatic rings. The van der Waals surface area contributed by atoms with Gasteiger partial charge in [0.05, 0.1) is 21.7 Å². The van der Waals surface area contributed by atoms with E-state index in [0.717, 1.165) is 36.0 Å². The van der Waals surface area contributed by atoms with E-state index in [1.54, 1.807) is 0 Å². The Balaban J connectivity index is 1.59. The normalized spacial score (nSPS) is 18.3. The molecule has 0 bridgehead atoms. The fourth-order valence-electron chi connectivity index (χ4n) is 3.42. The molecular formula is C19H24ClN3O2S2. The minimum absolute atomic E-state index is 0.140. The number of carbonyl (C=O) groups is 2. The topological polar surface area (TPSA) is 54.7 Å². The number of hydrogen-bond acceptors (Lipinski definition) is 4. The van der Waals surface area contributed by atoms with Gasteiger partial charge in [0.15, 0.2) is 4.80 Å². The van der Waals surface area contributed by atoms with Crippen molar-refractivity contribution in [2.24, 2.45) is 12.0 Å². The molecule has 1 unspecified atom stereocenters. The van der Waals surface area contributed by atoms with Crippen LogP contribution in [0.1, 0.15) is 32.6 Å². The Morgan fingerprint density at radius 2 is 2.15 bits per heavy atom. The third kappa shape index (κ3) is 4.95. The Labute approximate surface area is 172 Å². The molecule has 0 spiro atoms. The van der Waals surface area contributed by atoms with Crippen LogP contribution in [0.2, 0.25) is 5.02 Å². The van der Waals surface area contributed by atoms with Gasteiger partial charge in [0.2, 0.25) is 5.91 Å². The minimum atomic E-state index is -0.216. The molecule has 0 N–H and O–H groups in total.